The van der Waals surface area contributed by atoms with E-state index in [0.29, 0.717) is 19.4 Å². The van der Waals surface area contributed by atoms with Gasteiger partial charge in [0.05, 0.1) is 0 Å². The third-order valence-electron chi connectivity index (χ3n) is 4.64. The van der Waals surface area contributed by atoms with E-state index in [1.807, 2.05) is 18.2 Å². The number of amides is 2. The van der Waals surface area contributed by atoms with E-state index in [2.05, 4.69) is 41.7 Å². The predicted octanol–water partition coefficient (Wildman–Crippen LogP) is 2.69. The maximum absolute atomic E-state index is 12.3. The van der Waals surface area contributed by atoms with E-state index >= 15 is 0 Å². The Kier molecular flexibility index (Phi) is 9.18. The van der Waals surface area contributed by atoms with E-state index in [9.17, 15) is 9.59 Å². The van der Waals surface area contributed by atoms with Gasteiger partial charge in [0.15, 0.2) is 0 Å². The van der Waals surface area contributed by atoms with Gasteiger partial charge in [-0.15, -0.1) is 0 Å². The van der Waals surface area contributed by atoms with Crippen LogP contribution in [0.4, 0.5) is 0 Å². The molecule has 0 saturated heterocycles. The van der Waals surface area contributed by atoms with Crippen LogP contribution in [0.5, 0.6) is 0 Å². The van der Waals surface area contributed by atoms with Gasteiger partial charge in [0.2, 0.25) is 11.8 Å². The number of aliphatic hydroxyl groups is 1. The first-order valence-corrected chi connectivity index (χ1v) is 9.60. The second-order valence-corrected chi connectivity index (χ2v) is 6.76. The van der Waals surface area contributed by atoms with E-state index in [0.717, 1.165) is 18.4 Å². The van der Waals surface area contributed by atoms with Crippen LogP contribution in [0.25, 0.3) is 11.1 Å². The molecule has 0 radical (unpaired) electrons. The van der Waals surface area contributed by atoms with Gasteiger partial charge in [-0.05, 0) is 42.4 Å². The molecule has 1 atom stereocenters. The predicted molar refractivity (Wildman–Crippen MR) is 108 cm³/mol. The summed E-state index contributed by atoms with van der Waals surface area (Å²) in [5, 5.41) is 20.3. The summed E-state index contributed by atoms with van der Waals surface area (Å²) >= 11 is 0. The second kappa shape index (κ2) is 11.9. The van der Waals surface area contributed by atoms with Crippen molar-refractivity contribution in [3.05, 3.63) is 60.2 Å². The average molecular weight is 384 g/mol. The van der Waals surface area contributed by atoms with Crippen molar-refractivity contribution in [2.24, 2.45) is 5.92 Å². The molecular formula is C22H28N2O4. The molecule has 0 fully saturated rings. The molecule has 6 heteroatoms. The van der Waals surface area contributed by atoms with Gasteiger partial charge in [0.1, 0.15) is 0 Å². The molecule has 2 aromatic rings. The van der Waals surface area contributed by atoms with Crippen molar-refractivity contribution in [1.82, 2.24) is 10.8 Å². The fourth-order valence-electron chi connectivity index (χ4n) is 3.08. The number of aliphatic hydroxyl groups excluding tert-OH is 1. The highest BCUT2D eigenvalue weighted by atomic mass is 16.5. The summed E-state index contributed by atoms with van der Waals surface area (Å²) < 4.78 is 0. The van der Waals surface area contributed by atoms with Crippen LogP contribution in [0, 0.1) is 5.92 Å². The van der Waals surface area contributed by atoms with Gasteiger partial charge < -0.3 is 10.4 Å². The Labute approximate surface area is 165 Å². The maximum Gasteiger partial charge on any atom is 0.244 e. The topological polar surface area (TPSA) is 98.7 Å². The van der Waals surface area contributed by atoms with Crippen LogP contribution >= 0.6 is 0 Å². The molecule has 6 nitrogen and oxygen atoms in total. The summed E-state index contributed by atoms with van der Waals surface area (Å²) in [6.45, 7) is 0.370. The molecular weight excluding hydrogens is 356 g/mol. The highest BCUT2D eigenvalue weighted by molar-refractivity contribution is 5.85. The van der Waals surface area contributed by atoms with E-state index in [1.165, 1.54) is 11.1 Å². The van der Waals surface area contributed by atoms with Crippen LogP contribution in [-0.4, -0.2) is 35.3 Å². The molecule has 0 saturated carbocycles. The van der Waals surface area contributed by atoms with E-state index in [-0.39, 0.29) is 18.9 Å². The van der Waals surface area contributed by atoms with Crippen LogP contribution in [0.3, 0.4) is 0 Å². The minimum absolute atomic E-state index is 0.00104. The Hall–Kier alpha value is -2.70. The molecule has 0 heterocycles. The first-order valence-electron chi connectivity index (χ1n) is 9.60. The van der Waals surface area contributed by atoms with Gasteiger partial charge in [-0.2, -0.15) is 0 Å². The van der Waals surface area contributed by atoms with Crippen LogP contribution in [0.2, 0.25) is 0 Å². The molecule has 0 unspecified atom stereocenters. The van der Waals surface area contributed by atoms with E-state index in [4.69, 9.17) is 10.3 Å². The molecule has 150 valence electrons. The largest absolute Gasteiger partial charge is 0.396 e. The number of hydroxylamine groups is 1. The van der Waals surface area contributed by atoms with Gasteiger partial charge in [-0.1, -0.05) is 54.6 Å². The van der Waals surface area contributed by atoms with Gasteiger partial charge in [0.25, 0.3) is 0 Å². The number of hydrogen-bond acceptors (Lipinski definition) is 4. The number of aryl methyl sites for hydroxylation is 1. The van der Waals surface area contributed by atoms with E-state index in [1.54, 1.807) is 5.48 Å². The third-order valence-corrected chi connectivity index (χ3v) is 4.64. The van der Waals surface area contributed by atoms with Crippen molar-refractivity contribution in [1.29, 1.82) is 0 Å². The number of nitrogens with one attached hydrogen (secondary N) is 2. The van der Waals surface area contributed by atoms with Gasteiger partial charge in [0, 0.05) is 25.5 Å². The number of hydrogen-bond donors (Lipinski definition) is 4. The number of carbonyl (C=O) groups excluding carboxylic acids is 2. The SMILES string of the molecule is O=C(C[C@@H](CCCc1ccc(-c2ccccc2)cc1)C(=O)NCCCO)NO. The Balaban J connectivity index is 1.87. The normalized spacial score (nSPS) is 11.6. The molecule has 4 N–H and O–H groups in total. The quantitative estimate of drug-likeness (QED) is 0.272. The molecule has 0 bridgehead atoms. The van der Waals surface area contributed by atoms with Crippen molar-refractivity contribution in [2.45, 2.75) is 32.1 Å². The van der Waals surface area contributed by atoms with Crippen molar-refractivity contribution in [2.75, 3.05) is 13.2 Å². The number of carbonyl (C=O) groups is 2. The summed E-state index contributed by atoms with van der Waals surface area (Å²) in [5.74, 6) is -1.31. The van der Waals surface area contributed by atoms with Crippen molar-refractivity contribution < 1.29 is 19.9 Å². The summed E-state index contributed by atoms with van der Waals surface area (Å²) in [4.78, 5) is 23.7. The van der Waals surface area contributed by atoms with Gasteiger partial charge >= 0.3 is 0 Å². The smallest absolute Gasteiger partial charge is 0.244 e. The monoisotopic (exact) mass is 384 g/mol. The Bertz CT molecular complexity index is 732. The summed E-state index contributed by atoms with van der Waals surface area (Å²) in [6, 6.07) is 18.5. The van der Waals surface area contributed by atoms with Crippen molar-refractivity contribution in [3.63, 3.8) is 0 Å². The molecule has 0 aliphatic rings. The number of rotatable bonds is 11. The maximum atomic E-state index is 12.3. The fourth-order valence-corrected chi connectivity index (χ4v) is 3.08. The fraction of sp³-hybridized carbons (Fsp3) is 0.364. The lowest BCUT2D eigenvalue weighted by atomic mass is 9.94. The van der Waals surface area contributed by atoms with Gasteiger partial charge in [-0.25, -0.2) is 5.48 Å². The highest BCUT2D eigenvalue weighted by Gasteiger charge is 2.21. The Morgan fingerprint density at radius 2 is 1.61 bits per heavy atom. The molecule has 0 spiro atoms. The number of benzene rings is 2. The molecule has 2 rings (SSSR count). The van der Waals surface area contributed by atoms with Crippen LogP contribution in [-0.2, 0) is 16.0 Å². The molecule has 2 aromatic carbocycles. The summed E-state index contributed by atoms with van der Waals surface area (Å²) in [5.41, 5.74) is 5.09. The zero-order chi connectivity index (χ0) is 20.2. The molecule has 0 aromatic heterocycles. The molecule has 2 amide bonds. The minimum Gasteiger partial charge on any atom is -0.396 e. The molecule has 0 aliphatic heterocycles. The van der Waals surface area contributed by atoms with Crippen molar-refractivity contribution >= 4 is 11.8 Å². The lowest BCUT2D eigenvalue weighted by Crippen LogP contribution is -2.35. The zero-order valence-electron chi connectivity index (χ0n) is 15.9. The summed E-state index contributed by atoms with van der Waals surface area (Å²) in [7, 11) is 0. The molecule has 0 aliphatic carbocycles. The Morgan fingerprint density at radius 3 is 2.25 bits per heavy atom. The lowest BCUT2D eigenvalue weighted by Gasteiger charge is -2.16. The average Bonchev–Trinajstić information content (AvgIpc) is 2.74. The molecule has 28 heavy (non-hydrogen) atoms. The van der Waals surface area contributed by atoms with Gasteiger partial charge in [-0.3, -0.25) is 14.8 Å². The standard InChI is InChI=1S/C22H28N2O4/c25-15-5-14-23-22(27)20(16-21(26)24-28)9-4-6-17-10-12-19(13-11-17)18-7-2-1-3-8-18/h1-3,7-8,10-13,20,25,28H,4-6,9,14-16H2,(H,23,27)(H,24,26)/t20-/m1/s1. The summed E-state index contributed by atoms with van der Waals surface area (Å²) in [6.07, 6.45) is 2.50. The van der Waals surface area contributed by atoms with Crippen LogP contribution < -0.4 is 10.8 Å². The second-order valence-electron chi connectivity index (χ2n) is 6.76. The third kappa shape index (κ3) is 7.13. The van der Waals surface area contributed by atoms with Crippen molar-refractivity contribution in [3.8, 4) is 11.1 Å². The minimum atomic E-state index is -0.575. The lowest BCUT2D eigenvalue weighted by molar-refractivity contribution is -0.135. The zero-order valence-corrected chi connectivity index (χ0v) is 15.9. The Morgan fingerprint density at radius 1 is 0.929 bits per heavy atom. The first kappa shape index (κ1) is 21.6. The van der Waals surface area contributed by atoms with Crippen LogP contribution in [0.15, 0.2) is 54.6 Å². The first-order chi connectivity index (χ1) is 13.6. The highest BCUT2D eigenvalue weighted by Crippen LogP contribution is 2.21. The van der Waals surface area contributed by atoms with E-state index < -0.39 is 11.8 Å². The van der Waals surface area contributed by atoms with Crippen LogP contribution in [0.1, 0.15) is 31.2 Å².